The Bertz CT molecular complexity index is 855. The van der Waals surface area contributed by atoms with Gasteiger partial charge >= 0.3 is 0 Å². The highest BCUT2D eigenvalue weighted by atomic mass is 79.9. The van der Waals surface area contributed by atoms with Gasteiger partial charge in [0.1, 0.15) is 0 Å². The van der Waals surface area contributed by atoms with Crippen LogP contribution in [-0.4, -0.2) is 24.9 Å². The third-order valence-corrected chi connectivity index (χ3v) is 4.46. The minimum Gasteiger partial charge on any atom is -0.444 e. The van der Waals surface area contributed by atoms with Gasteiger partial charge in [-0.1, -0.05) is 60.7 Å². The molecule has 0 aliphatic rings. The Kier molecular flexibility index (Phi) is 6.44. The van der Waals surface area contributed by atoms with Crippen molar-refractivity contribution in [2.75, 3.05) is 13.1 Å². The van der Waals surface area contributed by atoms with E-state index in [1.165, 1.54) is 0 Å². The van der Waals surface area contributed by atoms with Gasteiger partial charge < -0.3 is 15.1 Å². The average molecular weight is 427 g/mol. The molecule has 0 aliphatic heterocycles. The number of benzene rings is 2. The number of carbonyl (C=O) groups excluding carboxylic acids is 2. The minimum atomic E-state index is -0.399. The lowest BCUT2D eigenvalue weighted by molar-refractivity contribution is -0.121. The summed E-state index contributed by atoms with van der Waals surface area (Å²) in [4.78, 5) is 24.8. The summed E-state index contributed by atoms with van der Waals surface area (Å²) in [6.07, 6.45) is 0. The van der Waals surface area contributed by atoms with Crippen LogP contribution in [0.15, 0.2) is 81.9 Å². The van der Waals surface area contributed by atoms with Crippen LogP contribution in [0.4, 0.5) is 0 Å². The van der Waals surface area contributed by atoms with Crippen LogP contribution in [-0.2, 0) is 4.79 Å². The normalized spacial score (nSPS) is 10.6. The standard InChI is InChI=1S/C21H19BrN2O3/c22-18-12-11-17(27-18)20(25)23-13-14-24-21(26)19(15-7-3-1-4-8-15)16-9-5-2-6-10-16/h1-12,19H,13-14H2,(H,23,25)(H,24,26). The zero-order valence-corrected chi connectivity index (χ0v) is 16.1. The van der Waals surface area contributed by atoms with Crippen molar-refractivity contribution in [1.82, 2.24) is 10.6 Å². The van der Waals surface area contributed by atoms with E-state index in [2.05, 4.69) is 26.6 Å². The highest BCUT2D eigenvalue weighted by molar-refractivity contribution is 9.10. The maximum atomic E-state index is 12.8. The molecule has 0 saturated carbocycles. The summed E-state index contributed by atoms with van der Waals surface area (Å²) < 4.78 is 5.69. The van der Waals surface area contributed by atoms with E-state index < -0.39 is 5.92 Å². The van der Waals surface area contributed by atoms with Crippen LogP contribution in [0, 0.1) is 0 Å². The fourth-order valence-corrected chi connectivity index (χ4v) is 3.08. The molecule has 0 fully saturated rings. The summed E-state index contributed by atoms with van der Waals surface area (Å²) in [7, 11) is 0. The van der Waals surface area contributed by atoms with E-state index in [0.717, 1.165) is 11.1 Å². The number of furan rings is 1. The summed E-state index contributed by atoms with van der Waals surface area (Å²) >= 11 is 3.16. The van der Waals surface area contributed by atoms with Crippen LogP contribution < -0.4 is 10.6 Å². The van der Waals surface area contributed by atoms with Gasteiger partial charge in [-0.25, -0.2) is 0 Å². The molecule has 27 heavy (non-hydrogen) atoms. The fraction of sp³-hybridized carbons (Fsp3) is 0.143. The summed E-state index contributed by atoms with van der Waals surface area (Å²) in [5.41, 5.74) is 1.84. The molecular weight excluding hydrogens is 408 g/mol. The van der Waals surface area contributed by atoms with Gasteiger partial charge in [-0.3, -0.25) is 9.59 Å². The number of halogens is 1. The van der Waals surface area contributed by atoms with Gasteiger partial charge in [-0.05, 0) is 39.2 Å². The quantitative estimate of drug-likeness (QED) is 0.565. The number of hydrogen-bond acceptors (Lipinski definition) is 3. The Morgan fingerprint density at radius 3 is 1.89 bits per heavy atom. The second-order valence-corrected chi connectivity index (χ2v) is 6.69. The largest absolute Gasteiger partial charge is 0.444 e. The van der Waals surface area contributed by atoms with Crippen LogP contribution in [0.1, 0.15) is 27.6 Å². The average Bonchev–Trinajstić information content (AvgIpc) is 3.13. The number of amides is 2. The number of hydrogen-bond donors (Lipinski definition) is 2. The van der Waals surface area contributed by atoms with Crippen molar-refractivity contribution in [3.63, 3.8) is 0 Å². The van der Waals surface area contributed by atoms with Crippen molar-refractivity contribution in [1.29, 1.82) is 0 Å². The van der Waals surface area contributed by atoms with Crippen molar-refractivity contribution in [2.45, 2.75) is 5.92 Å². The Morgan fingerprint density at radius 2 is 1.37 bits per heavy atom. The predicted molar refractivity (Wildman–Crippen MR) is 106 cm³/mol. The molecule has 138 valence electrons. The van der Waals surface area contributed by atoms with Gasteiger partial charge in [0.15, 0.2) is 10.4 Å². The van der Waals surface area contributed by atoms with Gasteiger partial charge in [-0.2, -0.15) is 0 Å². The SMILES string of the molecule is O=C(NCCNC(=O)C(c1ccccc1)c1ccccc1)c1ccc(Br)o1. The lowest BCUT2D eigenvalue weighted by Crippen LogP contribution is -2.37. The monoisotopic (exact) mass is 426 g/mol. The van der Waals surface area contributed by atoms with Gasteiger partial charge in [0.05, 0.1) is 5.92 Å². The van der Waals surface area contributed by atoms with Crippen LogP contribution in [0.5, 0.6) is 0 Å². The zero-order valence-electron chi connectivity index (χ0n) is 14.5. The van der Waals surface area contributed by atoms with Crippen LogP contribution in [0.3, 0.4) is 0 Å². The van der Waals surface area contributed by atoms with Crippen molar-refractivity contribution < 1.29 is 14.0 Å². The molecule has 0 bridgehead atoms. The second-order valence-electron chi connectivity index (χ2n) is 5.91. The van der Waals surface area contributed by atoms with Gasteiger partial charge in [0, 0.05) is 13.1 Å². The molecule has 0 unspecified atom stereocenters. The molecular formula is C21H19BrN2O3. The summed E-state index contributed by atoms with van der Waals surface area (Å²) in [5.74, 6) is -0.608. The molecule has 0 saturated heterocycles. The highest BCUT2D eigenvalue weighted by Crippen LogP contribution is 2.24. The van der Waals surface area contributed by atoms with E-state index in [4.69, 9.17) is 4.42 Å². The van der Waals surface area contributed by atoms with E-state index in [0.29, 0.717) is 17.8 Å². The van der Waals surface area contributed by atoms with Crippen molar-refractivity contribution in [2.24, 2.45) is 0 Å². The third-order valence-electron chi connectivity index (χ3n) is 4.03. The molecule has 0 spiro atoms. The van der Waals surface area contributed by atoms with Crippen molar-refractivity contribution in [3.05, 3.63) is 94.4 Å². The Labute approximate surface area is 165 Å². The topological polar surface area (TPSA) is 71.3 Å². The summed E-state index contributed by atoms with van der Waals surface area (Å²) in [6, 6.07) is 22.5. The van der Waals surface area contributed by atoms with Crippen LogP contribution in [0.25, 0.3) is 0 Å². The van der Waals surface area contributed by atoms with Gasteiger partial charge in [0.25, 0.3) is 5.91 Å². The number of carbonyl (C=O) groups is 2. The number of rotatable bonds is 7. The van der Waals surface area contributed by atoms with E-state index in [9.17, 15) is 9.59 Å². The lowest BCUT2D eigenvalue weighted by Gasteiger charge is -2.18. The number of nitrogens with one attached hydrogen (secondary N) is 2. The molecule has 2 N–H and O–H groups in total. The highest BCUT2D eigenvalue weighted by Gasteiger charge is 2.22. The van der Waals surface area contributed by atoms with Crippen molar-refractivity contribution in [3.8, 4) is 0 Å². The van der Waals surface area contributed by atoms with Crippen molar-refractivity contribution >= 4 is 27.7 Å². The lowest BCUT2D eigenvalue weighted by atomic mass is 9.90. The van der Waals surface area contributed by atoms with E-state index in [1.54, 1.807) is 12.1 Å². The minimum absolute atomic E-state index is 0.109. The molecule has 1 aromatic heterocycles. The fourth-order valence-electron chi connectivity index (χ4n) is 2.77. The first kappa shape index (κ1) is 18.9. The molecule has 0 radical (unpaired) electrons. The first-order chi connectivity index (χ1) is 13.1. The molecule has 3 rings (SSSR count). The van der Waals surface area contributed by atoms with Gasteiger partial charge in [-0.15, -0.1) is 0 Å². The smallest absolute Gasteiger partial charge is 0.287 e. The van der Waals surface area contributed by atoms with E-state index in [-0.39, 0.29) is 17.6 Å². The van der Waals surface area contributed by atoms with Crippen LogP contribution >= 0.6 is 15.9 Å². The molecule has 6 heteroatoms. The molecule has 5 nitrogen and oxygen atoms in total. The Balaban J connectivity index is 1.59. The third kappa shape index (κ3) is 5.08. The Morgan fingerprint density at radius 1 is 0.815 bits per heavy atom. The Hall–Kier alpha value is -2.86. The molecule has 1 heterocycles. The van der Waals surface area contributed by atoms with Gasteiger partial charge in [0.2, 0.25) is 5.91 Å². The summed E-state index contributed by atoms with van der Waals surface area (Å²) in [5, 5.41) is 5.62. The second kappa shape index (κ2) is 9.19. The summed E-state index contributed by atoms with van der Waals surface area (Å²) in [6.45, 7) is 0.627. The molecule has 0 aliphatic carbocycles. The molecule has 2 amide bonds. The first-order valence-corrected chi connectivity index (χ1v) is 9.35. The maximum Gasteiger partial charge on any atom is 0.287 e. The molecule has 2 aromatic carbocycles. The predicted octanol–water partition coefficient (Wildman–Crippen LogP) is 3.72. The van der Waals surface area contributed by atoms with Crippen LogP contribution in [0.2, 0.25) is 0 Å². The zero-order chi connectivity index (χ0) is 19.1. The molecule has 0 atom stereocenters. The van der Waals surface area contributed by atoms with E-state index in [1.807, 2.05) is 60.7 Å². The first-order valence-electron chi connectivity index (χ1n) is 8.56. The maximum absolute atomic E-state index is 12.8. The van der Waals surface area contributed by atoms with E-state index >= 15 is 0 Å². The molecule has 3 aromatic rings.